The summed E-state index contributed by atoms with van der Waals surface area (Å²) in [5.41, 5.74) is 2.85. The number of hydrogen-bond acceptors (Lipinski definition) is 5. The van der Waals surface area contributed by atoms with E-state index >= 15 is 0 Å². The quantitative estimate of drug-likeness (QED) is 0.508. The van der Waals surface area contributed by atoms with Gasteiger partial charge in [0.15, 0.2) is 21.3 Å². The second-order valence-corrected chi connectivity index (χ2v) is 10.8. The summed E-state index contributed by atoms with van der Waals surface area (Å²) in [6, 6.07) is 15.2. The number of benzene rings is 3. The molecule has 1 aliphatic carbocycles. The molecule has 5 rings (SSSR count). The summed E-state index contributed by atoms with van der Waals surface area (Å²) in [6.07, 6.45) is 2.58. The van der Waals surface area contributed by atoms with E-state index in [2.05, 4.69) is 0 Å². The molecule has 172 valence electrons. The monoisotopic (exact) mass is 468 g/mol. The standard InChI is InChI=1S/C26H23FO5S.H2/c1-16-11-22(27)18(12-21(16)17-3-6-20(7-4-17)33(2,29)30)13-25(28)26(9-10-26)19-5-8-23-24(14-19)32-15-31-23;/h3-8,11-12,14H,9-10,13,15H2,1-2H3;1H. The van der Waals surface area contributed by atoms with Crippen LogP contribution in [0.3, 0.4) is 0 Å². The molecule has 0 spiro atoms. The van der Waals surface area contributed by atoms with Gasteiger partial charge in [-0.15, -0.1) is 0 Å². The number of carbonyl (C=O) groups is 1. The largest absolute Gasteiger partial charge is 0.454 e. The molecule has 1 heterocycles. The maximum Gasteiger partial charge on any atom is 0.231 e. The maximum atomic E-state index is 14.8. The van der Waals surface area contributed by atoms with Crippen LogP contribution in [0.4, 0.5) is 4.39 Å². The summed E-state index contributed by atoms with van der Waals surface area (Å²) in [7, 11) is -3.30. The molecule has 3 aromatic carbocycles. The van der Waals surface area contributed by atoms with Gasteiger partial charge in [-0.3, -0.25) is 4.79 Å². The van der Waals surface area contributed by atoms with Crippen molar-refractivity contribution in [3.8, 4) is 22.6 Å². The molecule has 0 saturated heterocycles. The number of sulfone groups is 1. The minimum Gasteiger partial charge on any atom is -0.454 e. The number of carbonyl (C=O) groups excluding carboxylic acids is 1. The van der Waals surface area contributed by atoms with Crippen molar-refractivity contribution in [2.24, 2.45) is 0 Å². The van der Waals surface area contributed by atoms with E-state index < -0.39 is 21.1 Å². The van der Waals surface area contributed by atoms with Gasteiger partial charge in [0.05, 0.1) is 10.3 Å². The SMILES string of the molecule is Cc1cc(F)c(CC(=O)C2(c3ccc4c(c3)OCO4)CC2)cc1-c1ccc(S(C)(=O)=O)cc1.[HH]. The number of fused-ring (bicyclic) bond motifs is 1. The van der Waals surface area contributed by atoms with E-state index in [9.17, 15) is 17.6 Å². The number of ether oxygens (including phenoxy) is 2. The second-order valence-electron chi connectivity index (χ2n) is 8.81. The Balaban J connectivity index is 0.00000274. The first-order valence-electron chi connectivity index (χ1n) is 10.7. The van der Waals surface area contributed by atoms with E-state index in [-0.39, 0.29) is 25.3 Å². The molecular formula is C26H25FO5S. The number of hydrogen-bond donors (Lipinski definition) is 0. The molecule has 7 heteroatoms. The molecule has 0 unspecified atom stereocenters. The Morgan fingerprint density at radius 1 is 1.03 bits per heavy atom. The van der Waals surface area contributed by atoms with Gasteiger partial charge in [-0.2, -0.15) is 0 Å². The highest BCUT2D eigenvalue weighted by Crippen LogP contribution is 2.51. The molecule has 5 nitrogen and oxygen atoms in total. The summed E-state index contributed by atoms with van der Waals surface area (Å²) in [5, 5.41) is 0. The van der Waals surface area contributed by atoms with Crippen molar-refractivity contribution in [2.45, 2.75) is 36.5 Å². The molecule has 0 atom stereocenters. The Morgan fingerprint density at radius 3 is 2.39 bits per heavy atom. The van der Waals surface area contributed by atoms with E-state index in [1.807, 2.05) is 18.2 Å². The van der Waals surface area contributed by atoms with Crippen LogP contribution in [0.1, 0.15) is 31.0 Å². The highest BCUT2D eigenvalue weighted by Gasteiger charge is 2.51. The highest BCUT2D eigenvalue weighted by molar-refractivity contribution is 7.90. The van der Waals surface area contributed by atoms with E-state index in [0.29, 0.717) is 22.6 Å². The lowest BCUT2D eigenvalue weighted by atomic mass is 9.86. The van der Waals surface area contributed by atoms with Crippen LogP contribution in [-0.2, 0) is 26.5 Å². The number of aryl methyl sites for hydroxylation is 1. The van der Waals surface area contributed by atoms with Crippen molar-refractivity contribution >= 4 is 15.6 Å². The van der Waals surface area contributed by atoms with E-state index in [1.165, 1.54) is 18.2 Å². The zero-order valence-electron chi connectivity index (χ0n) is 18.4. The molecule has 1 saturated carbocycles. The van der Waals surface area contributed by atoms with Crippen LogP contribution in [0.2, 0.25) is 0 Å². The van der Waals surface area contributed by atoms with Gasteiger partial charge in [0.2, 0.25) is 6.79 Å². The zero-order chi connectivity index (χ0) is 23.4. The summed E-state index contributed by atoms with van der Waals surface area (Å²) in [4.78, 5) is 13.6. The average Bonchev–Trinajstić information content (AvgIpc) is 3.46. The first kappa shape index (κ1) is 21.6. The van der Waals surface area contributed by atoms with Gasteiger partial charge >= 0.3 is 0 Å². The Kier molecular flexibility index (Phi) is 5.05. The van der Waals surface area contributed by atoms with Gasteiger partial charge in [0.1, 0.15) is 11.6 Å². The van der Waals surface area contributed by atoms with Gasteiger partial charge in [-0.1, -0.05) is 18.2 Å². The van der Waals surface area contributed by atoms with Crippen molar-refractivity contribution < 1.29 is 28.5 Å². The summed E-state index contributed by atoms with van der Waals surface area (Å²) in [5.74, 6) is 0.854. The molecule has 1 fully saturated rings. The van der Waals surface area contributed by atoms with E-state index in [4.69, 9.17) is 9.47 Å². The van der Waals surface area contributed by atoms with Crippen LogP contribution in [0.25, 0.3) is 11.1 Å². The molecule has 0 aromatic heterocycles. The van der Waals surface area contributed by atoms with E-state index in [0.717, 1.165) is 35.8 Å². The predicted octanol–water partition coefficient (Wildman–Crippen LogP) is 5.02. The van der Waals surface area contributed by atoms with Crippen LogP contribution < -0.4 is 9.47 Å². The van der Waals surface area contributed by atoms with E-state index in [1.54, 1.807) is 25.1 Å². The third-order valence-corrected chi connectivity index (χ3v) is 7.68. The van der Waals surface area contributed by atoms with Gasteiger partial charge < -0.3 is 9.47 Å². The van der Waals surface area contributed by atoms with Crippen LogP contribution in [0.15, 0.2) is 59.5 Å². The highest BCUT2D eigenvalue weighted by atomic mass is 32.2. The molecule has 0 amide bonds. The third kappa shape index (κ3) is 3.91. The van der Waals surface area contributed by atoms with Crippen LogP contribution in [0.5, 0.6) is 11.5 Å². The average molecular weight is 469 g/mol. The second kappa shape index (κ2) is 7.70. The molecule has 1 aliphatic heterocycles. The molecule has 3 aromatic rings. The Bertz CT molecular complexity index is 1380. The lowest BCUT2D eigenvalue weighted by Gasteiger charge is -2.17. The minimum absolute atomic E-state index is 0. The lowest BCUT2D eigenvalue weighted by Crippen LogP contribution is -2.23. The van der Waals surface area contributed by atoms with Crippen molar-refractivity contribution in [3.63, 3.8) is 0 Å². The van der Waals surface area contributed by atoms with Crippen LogP contribution >= 0.6 is 0 Å². The Hall–Kier alpha value is -3.19. The number of halogens is 1. The predicted molar refractivity (Wildman–Crippen MR) is 124 cm³/mol. The lowest BCUT2D eigenvalue weighted by molar-refractivity contribution is -0.120. The summed E-state index contributed by atoms with van der Waals surface area (Å²) >= 11 is 0. The summed E-state index contributed by atoms with van der Waals surface area (Å²) in [6.45, 7) is 1.96. The van der Waals surface area contributed by atoms with Gasteiger partial charge in [0.25, 0.3) is 0 Å². The smallest absolute Gasteiger partial charge is 0.231 e. The minimum atomic E-state index is -3.30. The number of ketones is 1. The fourth-order valence-electron chi connectivity index (χ4n) is 4.44. The molecule has 0 bridgehead atoms. The van der Waals surface area contributed by atoms with Crippen molar-refractivity contribution in [2.75, 3.05) is 13.0 Å². The van der Waals surface area contributed by atoms with Crippen molar-refractivity contribution in [3.05, 3.63) is 77.1 Å². The number of rotatable bonds is 6. The van der Waals surface area contributed by atoms with Crippen LogP contribution in [0, 0.1) is 12.7 Å². The zero-order valence-corrected chi connectivity index (χ0v) is 19.2. The fraction of sp³-hybridized carbons (Fsp3) is 0.269. The Morgan fingerprint density at radius 2 is 1.73 bits per heavy atom. The third-order valence-electron chi connectivity index (χ3n) is 6.55. The normalized spacial score (nSPS) is 16.0. The van der Waals surface area contributed by atoms with Gasteiger partial charge in [-0.05, 0) is 84.0 Å². The van der Waals surface area contributed by atoms with Crippen molar-refractivity contribution in [1.29, 1.82) is 0 Å². The van der Waals surface area contributed by atoms with Gasteiger partial charge in [0, 0.05) is 14.1 Å². The fourth-order valence-corrected chi connectivity index (χ4v) is 5.07. The maximum absolute atomic E-state index is 14.8. The first-order chi connectivity index (χ1) is 15.7. The molecular weight excluding hydrogens is 443 g/mol. The molecule has 0 radical (unpaired) electrons. The van der Waals surface area contributed by atoms with Crippen LogP contribution in [-0.4, -0.2) is 27.2 Å². The topological polar surface area (TPSA) is 69.7 Å². The van der Waals surface area contributed by atoms with Gasteiger partial charge in [-0.25, -0.2) is 12.8 Å². The molecule has 0 N–H and O–H groups in total. The summed E-state index contributed by atoms with van der Waals surface area (Å²) < 4.78 is 49.2. The molecule has 2 aliphatic rings. The first-order valence-corrected chi connectivity index (χ1v) is 12.6. The number of Topliss-reactive ketones (excluding diaryl/α,β-unsaturated/α-hetero) is 1. The van der Waals surface area contributed by atoms with Crippen molar-refractivity contribution in [1.82, 2.24) is 0 Å². The molecule has 33 heavy (non-hydrogen) atoms. The Labute approximate surface area is 193 Å².